The maximum atomic E-state index is 12.5. The molecule has 0 aliphatic heterocycles. The highest BCUT2D eigenvalue weighted by Crippen LogP contribution is 2.19. The van der Waals surface area contributed by atoms with Crippen molar-refractivity contribution < 1.29 is 15.0 Å². The highest BCUT2D eigenvalue weighted by Gasteiger charge is 2.13. The fraction of sp³-hybridized carbons (Fsp3) is 0.0476. The maximum absolute atomic E-state index is 12.5. The Bertz CT molecular complexity index is 1220. The molecule has 1 amide bonds. The Hall–Kier alpha value is -4.00. The van der Waals surface area contributed by atoms with Gasteiger partial charge in [-0.3, -0.25) is 14.2 Å². The van der Waals surface area contributed by atoms with Gasteiger partial charge in [0.15, 0.2) is 0 Å². The molecule has 0 spiro atoms. The number of H-pyrrole nitrogens is 1. The molecule has 0 aliphatic carbocycles. The highest BCUT2D eigenvalue weighted by molar-refractivity contribution is 5.97. The molecule has 4 N–H and O–H groups in total. The number of pyridine rings is 1. The van der Waals surface area contributed by atoms with Crippen LogP contribution in [0.25, 0.3) is 16.7 Å². The average molecular weight is 375 g/mol. The minimum absolute atomic E-state index is 0.0995. The maximum Gasteiger partial charge on any atom is 0.268 e. The molecule has 2 aromatic carbocycles. The van der Waals surface area contributed by atoms with Crippen LogP contribution in [-0.4, -0.2) is 25.7 Å². The van der Waals surface area contributed by atoms with Crippen LogP contribution in [0, 0.1) is 0 Å². The number of nitrogens with zero attached hydrogens (tertiary/aromatic N) is 1. The Morgan fingerprint density at radius 2 is 1.75 bits per heavy atom. The summed E-state index contributed by atoms with van der Waals surface area (Å²) in [5.41, 5.74) is 1.88. The minimum atomic E-state index is -0.329. The summed E-state index contributed by atoms with van der Waals surface area (Å²) in [6.45, 7) is 0.257. The van der Waals surface area contributed by atoms with Crippen molar-refractivity contribution >= 4 is 16.9 Å². The molecule has 2 heterocycles. The smallest absolute Gasteiger partial charge is 0.268 e. The van der Waals surface area contributed by atoms with Crippen LogP contribution in [0.5, 0.6) is 11.5 Å². The van der Waals surface area contributed by atoms with Gasteiger partial charge in [0, 0.05) is 18.0 Å². The quantitative estimate of drug-likeness (QED) is 0.440. The fourth-order valence-corrected chi connectivity index (χ4v) is 3.04. The lowest BCUT2D eigenvalue weighted by Crippen LogP contribution is -2.23. The monoisotopic (exact) mass is 375 g/mol. The minimum Gasteiger partial charge on any atom is -0.508 e. The number of hydrogen-bond donors (Lipinski definition) is 4. The molecule has 0 radical (unpaired) electrons. The van der Waals surface area contributed by atoms with E-state index < -0.39 is 0 Å². The van der Waals surface area contributed by atoms with Gasteiger partial charge in [0.05, 0.1) is 5.69 Å². The lowest BCUT2D eigenvalue weighted by molar-refractivity contribution is 0.0946. The Kier molecular flexibility index (Phi) is 4.33. The second-order valence-corrected chi connectivity index (χ2v) is 6.36. The summed E-state index contributed by atoms with van der Waals surface area (Å²) in [6, 6.07) is 17.6. The van der Waals surface area contributed by atoms with Crippen LogP contribution >= 0.6 is 0 Å². The number of carbonyl (C=O) groups is 1. The van der Waals surface area contributed by atoms with E-state index in [-0.39, 0.29) is 29.5 Å². The van der Waals surface area contributed by atoms with Crippen molar-refractivity contribution in [2.45, 2.75) is 6.54 Å². The van der Waals surface area contributed by atoms with Crippen LogP contribution in [0.4, 0.5) is 0 Å². The van der Waals surface area contributed by atoms with E-state index in [9.17, 15) is 19.8 Å². The summed E-state index contributed by atoms with van der Waals surface area (Å²) < 4.78 is 1.45. The number of aromatic amines is 1. The van der Waals surface area contributed by atoms with E-state index in [4.69, 9.17) is 0 Å². The lowest BCUT2D eigenvalue weighted by Gasteiger charge is -2.07. The van der Waals surface area contributed by atoms with E-state index >= 15 is 0 Å². The molecule has 140 valence electrons. The van der Waals surface area contributed by atoms with E-state index in [0.29, 0.717) is 22.4 Å². The van der Waals surface area contributed by atoms with Gasteiger partial charge in [-0.05, 0) is 54.1 Å². The number of amides is 1. The van der Waals surface area contributed by atoms with Crippen molar-refractivity contribution in [1.82, 2.24) is 14.9 Å². The number of aromatic hydroxyl groups is 2. The predicted molar refractivity (Wildman–Crippen MR) is 105 cm³/mol. The zero-order valence-electron chi connectivity index (χ0n) is 14.7. The van der Waals surface area contributed by atoms with E-state index in [1.807, 2.05) is 0 Å². The van der Waals surface area contributed by atoms with Gasteiger partial charge in [-0.1, -0.05) is 12.1 Å². The first kappa shape index (κ1) is 17.4. The third-order valence-electron chi connectivity index (χ3n) is 4.39. The van der Waals surface area contributed by atoms with Crippen molar-refractivity contribution in [3.8, 4) is 17.2 Å². The van der Waals surface area contributed by atoms with Crippen molar-refractivity contribution in [3.63, 3.8) is 0 Å². The topological polar surface area (TPSA) is 107 Å². The number of phenolic OH excluding ortho intramolecular Hbond substituents is 2. The number of rotatable bonds is 4. The summed E-state index contributed by atoms with van der Waals surface area (Å²) in [5, 5.41) is 22.5. The van der Waals surface area contributed by atoms with Gasteiger partial charge in [0.2, 0.25) is 0 Å². The van der Waals surface area contributed by atoms with Gasteiger partial charge >= 0.3 is 0 Å². The molecule has 7 nitrogen and oxygen atoms in total. The Morgan fingerprint density at radius 3 is 2.50 bits per heavy atom. The SMILES string of the molecule is O=C(NCc1cccc(O)c1)c1cc2ccc(=O)n(-c3ccc(O)cc3)c2[nH]1. The molecule has 4 rings (SSSR count). The second-order valence-electron chi connectivity index (χ2n) is 6.36. The van der Waals surface area contributed by atoms with Gasteiger partial charge in [-0.25, -0.2) is 0 Å². The zero-order valence-corrected chi connectivity index (χ0v) is 14.7. The summed E-state index contributed by atoms with van der Waals surface area (Å²) in [5.74, 6) is -0.0954. The van der Waals surface area contributed by atoms with E-state index in [0.717, 1.165) is 5.56 Å². The number of aromatic nitrogens is 2. The van der Waals surface area contributed by atoms with Crippen LogP contribution in [0.15, 0.2) is 71.5 Å². The Morgan fingerprint density at radius 1 is 0.964 bits per heavy atom. The van der Waals surface area contributed by atoms with E-state index in [1.54, 1.807) is 48.5 Å². The third kappa shape index (κ3) is 3.33. The molecule has 0 unspecified atom stereocenters. The highest BCUT2D eigenvalue weighted by atomic mass is 16.3. The standard InChI is InChI=1S/C21H17N3O4/c25-16-7-5-15(6-8-16)24-19(27)9-4-14-11-18(23-20(14)24)21(28)22-12-13-2-1-3-17(26)10-13/h1-11,23,25-26H,12H2,(H,22,28). The average Bonchev–Trinajstić information content (AvgIpc) is 3.11. The predicted octanol–water partition coefficient (Wildman–Crippen LogP) is 2.66. The van der Waals surface area contributed by atoms with Gasteiger partial charge in [0.25, 0.3) is 11.5 Å². The first-order valence-electron chi connectivity index (χ1n) is 8.61. The van der Waals surface area contributed by atoms with Crippen molar-refractivity contribution in [2.75, 3.05) is 0 Å². The molecule has 0 aliphatic rings. The molecule has 0 saturated carbocycles. The van der Waals surface area contributed by atoms with Gasteiger partial charge in [0.1, 0.15) is 22.8 Å². The first-order chi connectivity index (χ1) is 13.5. The number of carbonyl (C=O) groups excluding carboxylic acids is 1. The largest absolute Gasteiger partial charge is 0.508 e. The van der Waals surface area contributed by atoms with E-state index in [1.165, 1.54) is 22.8 Å². The number of benzene rings is 2. The number of hydrogen-bond acceptors (Lipinski definition) is 4. The van der Waals surface area contributed by atoms with E-state index in [2.05, 4.69) is 10.3 Å². The van der Waals surface area contributed by atoms with Crippen LogP contribution in [0.2, 0.25) is 0 Å². The molecule has 0 saturated heterocycles. The Balaban J connectivity index is 1.66. The Labute approximate surface area is 159 Å². The van der Waals surface area contributed by atoms with Crippen molar-refractivity contribution in [1.29, 1.82) is 0 Å². The number of nitrogens with one attached hydrogen (secondary N) is 2. The number of fused-ring (bicyclic) bond motifs is 1. The van der Waals surface area contributed by atoms with Crippen LogP contribution < -0.4 is 10.9 Å². The fourth-order valence-electron chi connectivity index (χ4n) is 3.04. The molecule has 0 bridgehead atoms. The summed E-state index contributed by atoms with van der Waals surface area (Å²) in [6.07, 6.45) is 0. The zero-order chi connectivity index (χ0) is 19.7. The molecule has 2 aromatic heterocycles. The molecule has 28 heavy (non-hydrogen) atoms. The summed E-state index contributed by atoms with van der Waals surface area (Å²) in [4.78, 5) is 27.9. The van der Waals surface area contributed by atoms with Crippen molar-refractivity contribution in [2.24, 2.45) is 0 Å². The molecule has 0 fully saturated rings. The normalized spacial score (nSPS) is 10.9. The molecular formula is C21H17N3O4. The molecule has 0 atom stereocenters. The number of phenols is 2. The third-order valence-corrected chi connectivity index (χ3v) is 4.39. The lowest BCUT2D eigenvalue weighted by atomic mass is 10.2. The van der Waals surface area contributed by atoms with Crippen LogP contribution in [0.1, 0.15) is 16.1 Å². The molecule has 7 heteroatoms. The summed E-state index contributed by atoms with van der Waals surface area (Å²) in [7, 11) is 0. The van der Waals surface area contributed by atoms with Crippen molar-refractivity contribution in [3.05, 3.63) is 88.3 Å². The van der Waals surface area contributed by atoms with Gasteiger partial charge in [-0.2, -0.15) is 0 Å². The molecular weight excluding hydrogens is 358 g/mol. The first-order valence-corrected chi connectivity index (χ1v) is 8.61. The second kappa shape index (κ2) is 6.96. The summed E-state index contributed by atoms with van der Waals surface area (Å²) >= 11 is 0. The van der Waals surface area contributed by atoms with Gasteiger partial charge < -0.3 is 20.5 Å². The van der Waals surface area contributed by atoms with Crippen LogP contribution in [-0.2, 0) is 6.54 Å². The molecule has 4 aromatic rings. The van der Waals surface area contributed by atoms with Gasteiger partial charge in [-0.15, -0.1) is 0 Å². The van der Waals surface area contributed by atoms with Crippen LogP contribution in [0.3, 0.4) is 0 Å².